The van der Waals surface area contributed by atoms with Crippen LogP contribution in [0.3, 0.4) is 0 Å². The number of halogens is 3. The number of pyridine rings is 1. The lowest BCUT2D eigenvalue weighted by atomic mass is 9.58. The molecule has 0 radical (unpaired) electrons. The zero-order valence-corrected chi connectivity index (χ0v) is 22.3. The molecule has 0 aliphatic heterocycles. The van der Waals surface area contributed by atoms with Gasteiger partial charge in [-0.3, -0.25) is 14.3 Å². The van der Waals surface area contributed by atoms with Crippen molar-refractivity contribution in [1.82, 2.24) is 29.2 Å². The minimum atomic E-state index is -4.63. The fraction of sp³-hybridized carbons (Fsp3) is 0.464. The van der Waals surface area contributed by atoms with Crippen LogP contribution in [-0.2, 0) is 25.2 Å². The molecule has 5 rings (SSSR count). The summed E-state index contributed by atoms with van der Waals surface area (Å²) < 4.78 is 45.8. The van der Waals surface area contributed by atoms with Crippen LogP contribution in [0.2, 0.25) is 0 Å². The molecule has 1 aliphatic carbocycles. The molecule has 202 valence electrons. The van der Waals surface area contributed by atoms with Gasteiger partial charge in [0.2, 0.25) is 0 Å². The summed E-state index contributed by atoms with van der Waals surface area (Å²) in [7, 11) is 1.89. The average Bonchev–Trinajstić information content (AvgIpc) is 3.46. The molecule has 0 unspecified atom stereocenters. The molecule has 1 saturated carbocycles. The van der Waals surface area contributed by atoms with Crippen molar-refractivity contribution in [2.75, 3.05) is 6.54 Å². The summed E-state index contributed by atoms with van der Waals surface area (Å²) in [5.41, 5.74) is 0.0737. The number of aromatic amines is 1. The van der Waals surface area contributed by atoms with Gasteiger partial charge in [-0.25, -0.2) is 0 Å². The van der Waals surface area contributed by atoms with Gasteiger partial charge < -0.3 is 9.55 Å². The van der Waals surface area contributed by atoms with Crippen LogP contribution in [0.15, 0.2) is 47.7 Å². The number of aromatic nitrogens is 5. The average molecular weight is 527 g/mol. The number of nitrogens with one attached hydrogen (secondary N) is 1. The Morgan fingerprint density at radius 2 is 1.97 bits per heavy atom. The van der Waals surface area contributed by atoms with Gasteiger partial charge in [-0.15, -0.1) is 10.2 Å². The number of fused-ring (bicyclic) bond motifs is 1. The van der Waals surface area contributed by atoms with Crippen molar-refractivity contribution in [1.29, 1.82) is 0 Å². The third kappa shape index (κ3) is 4.34. The van der Waals surface area contributed by atoms with Crippen molar-refractivity contribution in [2.24, 2.45) is 13.0 Å². The number of aryl methyl sites for hydroxylation is 1. The third-order valence-electron chi connectivity index (χ3n) is 7.88. The summed E-state index contributed by atoms with van der Waals surface area (Å²) in [6.07, 6.45) is -0.362. The van der Waals surface area contributed by atoms with Crippen molar-refractivity contribution in [3.8, 4) is 5.69 Å². The van der Waals surface area contributed by atoms with E-state index in [0.717, 1.165) is 41.5 Å². The van der Waals surface area contributed by atoms with Gasteiger partial charge in [0.1, 0.15) is 17.7 Å². The molecule has 38 heavy (non-hydrogen) atoms. The van der Waals surface area contributed by atoms with E-state index in [2.05, 4.69) is 27.0 Å². The second kappa shape index (κ2) is 9.41. The van der Waals surface area contributed by atoms with E-state index in [9.17, 15) is 18.0 Å². The first-order valence-corrected chi connectivity index (χ1v) is 13.0. The molecule has 0 spiro atoms. The lowest BCUT2D eigenvalue weighted by molar-refractivity contribution is -0.136. The molecule has 1 aliphatic rings. The molecular weight excluding hydrogens is 493 g/mol. The first-order chi connectivity index (χ1) is 17.9. The number of alkyl halides is 3. The van der Waals surface area contributed by atoms with E-state index in [1.807, 2.05) is 44.5 Å². The number of rotatable bonds is 7. The van der Waals surface area contributed by atoms with Crippen LogP contribution in [0, 0.1) is 5.92 Å². The summed E-state index contributed by atoms with van der Waals surface area (Å²) in [5, 5.41) is 8.31. The lowest BCUT2D eigenvalue weighted by Crippen LogP contribution is -2.43. The highest BCUT2D eigenvalue weighted by atomic mass is 19.4. The van der Waals surface area contributed by atoms with E-state index < -0.39 is 22.7 Å². The molecule has 10 heteroatoms. The van der Waals surface area contributed by atoms with Crippen molar-refractivity contribution < 1.29 is 13.2 Å². The van der Waals surface area contributed by atoms with Crippen LogP contribution < -0.4 is 5.56 Å². The molecule has 0 atom stereocenters. The fourth-order valence-corrected chi connectivity index (χ4v) is 6.00. The Morgan fingerprint density at radius 1 is 1.24 bits per heavy atom. The van der Waals surface area contributed by atoms with E-state index in [-0.39, 0.29) is 16.9 Å². The Bertz CT molecular complexity index is 1520. The van der Waals surface area contributed by atoms with Gasteiger partial charge in [-0.1, -0.05) is 26.0 Å². The largest absolute Gasteiger partial charge is 0.418 e. The minimum Gasteiger partial charge on any atom is -0.353 e. The summed E-state index contributed by atoms with van der Waals surface area (Å²) in [6, 6.07) is 8.90. The van der Waals surface area contributed by atoms with Crippen LogP contribution in [0.5, 0.6) is 0 Å². The number of hydrogen-bond donors (Lipinski definition) is 1. The van der Waals surface area contributed by atoms with Crippen LogP contribution in [-0.4, -0.2) is 41.8 Å². The predicted molar refractivity (Wildman–Crippen MR) is 140 cm³/mol. The highest BCUT2D eigenvalue weighted by Gasteiger charge is 2.48. The maximum Gasteiger partial charge on any atom is 0.418 e. The van der Waals surface area contributed by atoms with Gasteiger partial charge in [0, 0.05) is 42.6 Å². The topological polar surface area (TPSA) is 71.7 Å². The Labute approximate surface area is 219 Å². The molecule has 3 heterocycles. The van der Waals surface area contributed by atoms with Gasteiger partial charge in [0.25, 0.3) is 5.56 Å². The van der Waals surface area contributed by atoms with Gasteiger partial charge in [0.05, 0.1) is 11.0 Å². The molecular formula is C28H33F3N6O. The predicted octanol–water partition coefficient (Wildman–Crippen LogP) is 5.41. The maximum atomic E-state index is 14.3. The highest BCUT2D eigenvalue weighted by Crippen LogP contribution is 2.51. The van der Waals surface area contributed by atoms with Gasteiger partial charge in [-0.05, 0) is 62.9 Å². The Balaban J connectivity index is 1.65. The summed E-state index contributed by atoms with van der Waals surface area (Å²) >= 11 is 0. The Hall–Kier alpha value is -3.40. The molecule has 7 nitrogen and oxygen atoms in total. The number of H-pyrrole nitrogens is 1. The zero-order chi connectivity index (χ0) is 27.4. The zero-order valence-electron chi connectivity index (χ0n) is 22.3. The highest BCUT2D eigenvalue weighted by molar-refractivity contribution is 5.84. The van der Waals surface area contributed by atoms with Gasteiger partial charge in [-0.2, -0.15) is 13.2 Å². The maximum absolute atomic E-state index is 14.3. The Kier molecular flexibility index (Phi) is 6.49. The first-order valence-electron chi connectivity index (χ1n) is 13.0. The first kappa shape index (κ1) is 26.2. The quantitative estimate of drug-likeness (QED) is 0.350. The molecule has 0 amide bonds. The van der Waals surface area contributed by atoms with Crippen molar-refractivity contribution in [3.63, 3.8) is 0 Å². The van der Waals surface area contributed by atoms with Gasteiger partial charge in [0.15, 0.2) is 0 Å². The number of benzene rings is 1. The minimum absolute atomic E-state index is 0.0414. The number of nitrogens with zero attached hydrogens (tertiary/aromatic N) is 5. The second-order valence-corrected chi connectivity index (χ2v) is 10.9. The van der Waals surface area contributed by atoms with Gasteiger partial charge >= 0.3 is 6.18 Å². The molecule has 0 saturated heterocycles. The molecule has 1 N–H and O–H groups in total. The van der Waals surface area contributed by atoms with E-state index in [1.54, 1.807) is 18.5 Å². The summed E-state index contributed by atoms with van der Waals surface area (Å²) in [5.74, 6) is 1.28. The fourth-order valence-electron chi connectivity index (χ4n) is 6.00. The Morgan fingerprint density at radius 3 is 2.55 bits per heavy atom. The van der Waals surface area contributed by atoms with Crippen molar-refractivity contribution in [3.05, 3.63) is 75.9 Å². The van der Waals surface area contributed by atoms with Crippen molar-refractivity contribution >= 4 is 10.9 Å². The monoisotopic (exact) mass is 526 g/mol. The van der Waals surface area contributed by atoms with Crippen molar-refractivity contribution in [2.45, 2.75) is 64.7 Å². The van der Waals surface area contributed by atoms with Crippen LogP contribution >= 0.6 is 0 Å². The third-order valence-corrected chi connectivity index (χ3v) is 7.88. The molecule has 1 fully saturated rings. The molecule has 3 aromatic heterocycles. The lowest BCUT2D eigenvalue weighted by Gasteiger charge is -2.46. The van der Waals surface area contributed by atoms with Crippen LogP contribution in [0.4, 0.5) is 13.2 Å². The summed E-state index contributed by atoms with van der Waals surface area (Å²) in [6.45, 7) is 9.39. The van der Waals surface area contributed by atoms with E-state index in [1.165, 1.54) is 6.07 Å². The van der Waals surface area contributed by atoms with E-state index >= 15 is 0 Å². The standard InChI is InChI=1S/C28H33F3N6O/c1-6-36(17(2)3)14-20-11-22-23(28(29,30)31)15-37(25(38)24(22)33-20)21-9-7-8-19(10-21)27(12-18(4)13-27)26-34-32-16-35(26)5/h7-11,15-18,33H,6,12-14H2,1-5H3. The second-order valence-electron chi connectivity index (χ2n) is 10.9. The van der Waals surface area contributed by atoms with Crippen LogP contribution in [0.25, 0.3) is 16.6 Å². The van der Waals surface area contributed by atoms with E-state index in [4.69, 9.17) is 0 Å². The molecule has 4 aromatic rings. The summed E-state index contributed by atoms with van der Waals surface area (Å²) in [4.78, 5) is 18.7. The van der Waals surface area contributed by atoms with E-state index in [0.29, 0.717) is 23.8 Å². The van der Waals surface area contributed by atoms with Crippen LogP contribution in [0.1, 0.15) is 63.2 Å². The number of hydrogen-bond acceptors (Lipinski definition) is 4. The SMILES string of the molecule is CCN(Cc1cc2c(C(F)(F)F)cn(-c3cccc(C4(c5nncn5C)CC(C)C4)c3)c(=O)c2[nH]1)C(C)C. The molecule has 0 bridgehead atoms. The molecule has 1 aromatic carbocycles. The smallest absolute Gasteiger partial charge is 0.353 e. The normalized spacial score (nSPS) is 20.0.